The number of rotatable bonds is 1. The van der Waals surface area contributed by atoms with Crippen LogP contribution in [0.2, 0.25) is 0 Å². The van der Waals surface area contributed by atoms with Gasteiger partial charge in [-0.25, -0.2) is 18.5 Å². The van der Waals surface area contributed by atoms with Crippen LogP contribution in [0.15, 0.2) is 78.2 Å². The van der Waals surface area contributed by atoms with Crippen molar-refractivity contribution in [1.82, 2.24) is 9.97 Å². The molecule has 3 N–H and O–H groups in total. The average Bonchev–Trinajstić information content (AvgIpc) is 3.18. The van der Waals surface area contributed by atoms with Crippen LogP contribution >= 0.6 is 0 Å². The minimum Gasteiger partial charge on any atom is -0.351 e. The average molecular weight is 349 g/mol. The van der Waals surface area contributed by atoms with Crippen molar-refractivity contribution in [2.45, 2.75) is 4.90 Å². The molecular formula is C19H15N3O2S. The number of hydrogen-bond donors (Lipinski definition) is 2. The normalized spacial score (nSPS) is 11.7. The zero-order valence-corrected chi connectivity index (χ0v) is 14.0. The highest BCUT2D eigenvalue weighted by Gasteiger charge is 2.16. The van der Waals surface area contributed by atoms with Gasteiger partial charge < -0.3 is 4.98 Å². The summed E-state index contributed by atoms with van der Waals surface area (Å²) in [6.45, 7) is 0. The Morgan fingerprint density at radius 2 is 1.48 bits per heavy atom. The summed E-state index contributed by atoms with van der Waals surface area (Å²) in [4.78, 5) is 6.60. The van der Waals surface area contributed by atoms with E-state index in [2.05, 4.69) is 16.0 Å². The highest BCUT2D eigenvalue weighted by molar-refractivity contribution is 7.89. The fourth-order valence-corrected chi connectivity index (χ4v) is 3.91. The molecule has 0 spiro atoms. The quantitative estimate of drug-likeness (QED) is 0.453. The molecule has 1 heterocycles. The molecule has 1 aromatic heterocycles. The Hall–Kier alpha value is -2.96. The molecule has 4 aromatic carbocycles. The predicted molar refractivity (Wildman–Crippen MR) is 100 cm³/mol. The number of sulfonamides is 1. The Balaban J connectivity index is 0.000000272. The second kappa shape index (κ2) is 5.84. The molecule has 0 atom stereocenters. The number of imidazole rings is 1. The fourth-order valence-electron chi connectivity index (χ4n) is 3.17. The molecule has 0 aliphatic carbocycles. The fraction of sp³-hybridized carbons (Fsp3) is 0. The van der Waals surface area contributed by atoms with Gasteiger partial charge in [0.1, 0.15) is 0 Å². The van der Waals surface area contributed by atoms with Crippen LogP contribution in [0, 0.1) is 0 Å². The van der Waals surface area contributed by atoms with Crippen LogP contribution < -0.4 is 5.14 Å². The van der Waals surface area contributed by atoms with Gasteiger partial charge in [0, 0.05) is 17.8 Å². The van der Waals surface area contributed by atoms with E-state index in [-0.39, 0.29) is 4.90 Å². The lowest BCUT2D eigenvalue weighted by Gasteiger charge is -2.12. The SMILES string of the molecule is NS(=O)(=O)c1ccc2ccc3cccc4ccc1c2c34.c1c[nH]cn1. The first-order valence-electron chi connectivity index (χ1n) is 7.68. The molecule has 0 radical (unpaired) electrons. The first-order chi connectivity index (χ1) is 12.1. The van der Waals surface area contributed by atoms with E-state index in [1.165, 1.54) is 0 Å². The number of hydrogen-bond acceptors (Lipinski definition) is 3. The molecule has 0 bridgehead atoms. The lowest BCUT2D eigenvalue weighted by Crippen LogP contribution is -2.12. The number of primary sulfonamides is 1. The lowest BCUT2D eigenvalue weighted by molar-refractivity contribution is 0.598. The van der Waals surface area contributed by atoms with Gasteiger partial charge in [-0.2, -0.15) is 0 Å². The highest BCUT2D eigenvalue weighted by atomic mass is 32.2. The predicted octanol–water partition coefficient (Wildman–Crippen LogP) is 3.64. The molecule has 0 unspecified atom stereocenters. The summed E-state index contributed by atoms with van der Waals surface area (Å²) in [5.41, 5.74) is 0. The number of nitrogens with zero attached hydrogens (tertiary/aromatic N) is 1. The lowest BCUT2D eigenvalue weighted by atomic mass is 9.94. The molecule has 25 heavy (non-hydrogen) atoms. The topological polar surface area (TPSA) is 88.8 Å². The number of nitrogens with one attached hydrogen (secondary N) is 1. The van der Waals surface area contributed by atoms with Gasteiger partial charge in [-0.15, -0.1) is 0 Å². The minimum atomic E-state index is -3.73. The molecule has 0 saturated carbocycles. The van der Waals surface area contributed by atoms with Crippen LogP contribution in [0.3, 0.4) is 0 Å². The zero-order valence-electron chi connectivity index (χ0n) is 13.2. The summed E-state index contributed by atoms with van der Waals surface area (Å²) in [6.07, 6.45) is 5.08. The third-order valence-corrected chi connectivity index (χ3v) is 5.17. The number of nitrogens with two attached hydrogens (primary N) is 1. The summed E-state index contributed by atoms with van der Waals surface area (Å²) >= 11 is 0. The van der Waals surface area contributed by atoms with Crippen molar-refractivity contribution in [3.05, 3.63) is 73.3 Å². The van der Waals surface area contributed by atoms with Gasteiger partial charge in [-0.3, -0.25) is 0 Å². The summed E-state index contributed by atoms with van der Waals surface area (Å²) in [5, 5.41) is 11.3. The Morgan fingerprint density at radius 1 is 0.840 bits per heavy atom. The molecule has 0 saturated heterocycles. The van der Waals surface area contributed by atoms with Gasteiger partial charge in [0.25, 0.3) is 0 Å². The van der Waals surface area contributed by atoms with E-state index in [0.29, 0.717) is 5.39 Å². The Bertz CT molecular complexity index is 1230. The molecule has 5 nitrogen and oxygen atoms in total. The number of aromatic amines is 1. The Kier molecular flexibility index (Phi) is 3.63. The number of H-pyrrole nitrogens is 1. The van der Waals surface area contributed by atoms with Gasteiger partial charge in [0.05, 0.1) is 11.2 Å². The maximum Gasteiger partial charge on any atom is 0.238 e. The maximum atomic E-state index is 11.8. The van der Waals surface area contributed by atoms with Crippen molar-refractivity contribution in [3.63, 3.8) is 0 Å². The van der Waals surface area contributed by atoms with Crippen LogP contribution in [0.1, 0.15) is 0 Å². The molecule has 5 aromatic rings. The van der Waals surface area contributed by atoms with E-state index < -0.39 is 10.0 Å². The second-order valence-corrected chi connectivity index (χ2v) is 7.26. The molecule has 0 fully saturated rings. The smallest absolute Gasteiger partial charge is 0.238 e. The maximum absolute atomic E-state index is 11.8. The standard InChI is InChI=1S/C16H11NO2S.C3H4N2/c17-20(18,19)14-9-7-12-5-4-10-2-1-3-11-6-8-13(14)16(12)15(10)11;1-2-5-3-4-1/h1-9H,(H2,17,18,19);1-3H,(H,4,5). The van der Waals surface area contributed by atoms with Crippen molar-refractivity contribution in [3.8, 4) is 0 Å². The van der Waals surface area contributed by atoms with Crippen molar-refractivity contribution in [2.24, 2.45) is 5.14 Å². The third kappa shape index (κ3) is 2.71. The first kappa shape index (κ1) is 15.6. The van der Waals surface area contributed by atoms with Crippen molar-refractivity contribution in [1.29, 1.82) is 0 Å². The minimum absolute atomic E-state index is 0.184. The molecule has 0 aliphatic rings. The molecule has 124 valence electrons. The molecule has 0 aliphatic heterocycles. The van der Waals surface area contributed by atoms with E-state index in [0.717, 1.165) is 26.9 Å². The van der Waals surface area contributed by atoms with E-state index >= 15 is 0 Å². The van der Waals surface area contributed by atoms with E-state index in [9.17, 15) is 8.42 Å². The van der Waals surface area contributed by atoms with Gasteiger partial charge in [-0.1, -0.05) is 48.5 Å². The van der Waals surface area contributed by atoms with E-state index in [4.69, 9.17) is 5.14 Å². The third-order valence-electron chi connectivity index (χ3n) is 4.20. The Morgan fingerprint density at radius 3 is 2.04 bits per heavy atom. The Labute approximate surface area is 144 Å². The van der Waals surface area contributed by atoms with Gasteiger partial charge in [0.2, 0.25) is 10.0 Å². The monoisotopic (exact) mass is 349 g/mol. The van der Waals surface area contributed by atoms with Gasteiger partial charge >= 0.3 is 0 Å². The molecule has 6 heteroatoms. The molecular weight excluding hydrogens is 334 g/mol. The van der Waals surface area contributed by atoms with Crippen LogP contribution in [-0.4, -0.2) is 18.4 Å². The van der Waals surface area contributed by atoms with Crippen molar-refractivity contribution in [2.75, 3.05) is 0 Å². The van der Waals surface area contributed by atoms with E-state index in [1.54, 1.807) is 24.8 Å². The van der Waals surface area contributed by atoms with Crippen LogP contribution in [0.25, 0.3) is 32.3 Å². The van der Waals surface area contributed by atoms with Crippen LogP contribution in [0.5, 0.6) is 0 Å². The second-order valence-electron chi connectivity index (χ2n) is 5.73. The van der Waals surface area contributed by atoms with E-state index in [1.807, 2.05) is 42.5 Å². The molecule has 0 amide bonds. The highest BCUT2D eigenvalue weighted by Crippen LogP contribution is 2.36. The van der Waals surface area contributed by atoms with Crippen molar-refractivity contribution < 1.29 is 8.42 Å². The first-order valence-corrected chi connectivity index (χ1v) is 9.22. The largest absolute Gasteiger partial charge is 0.351 e. The summed E-state index contributed by atoms with van der Waals surface area (Å²) in [6, 6.07) is 17.3. The van der Waals surface area contributed by atoms with Crippen molar-refractivity contribution >= 4 is 42.3 Å². The summed E-state index contributed by atoms with van der Waals surface area (Å²) in [7, 11) is -3.73. The number of aromatic nitrogens is 2. The zero-order chi connectivity index (χ0) is 17.4. The van der Waals surface area contributed by atoms with Crippen LogP contribution in [-0.2, 0) is 10.0 Å². The van der Waals surface area contributed by atoms with Crippen LogP contribution in [0.4, 0.5) is 0 Å². The summed E-state index contributed by atoms with van der Waals surface area (Å²) < 4.78 is 23.5. The molecule has 5 rings (SSSR count). The summed E-state index contributed by atoms with van der Waals surface area (Å²) in [5.74, 6) is 0. The van der Waals surface area contributed by atoms with Gasteiger partial charge in [-0.05, 0) is 33.0 Å². The number of benzene rings is 4. The van der Waals surface area contributed by atoms with Gasteiger partial charge in [0.15, 0.2) is 0 Å².